The van der Waals surface area contributed by atoms with Crippen molar-refractivity contribution in [2.24, 2.45) is 17.8 Å². The molecular formula is C36H54O2. The van der Waals surface area contributed by atoms with Gasteiger partial charge in [-0.25, -0.2) is 0 Å². The monoisotopic (exact) mass is 518 g/mol. The van der Waals surface area contributed by atoms with Gasteiger partial charge in [-0.3, -0.25) is 0 Å². The van der Waals surface area contributed by atoms with Crippen molar-refractivity contribution in [2.75, 3.05) is 0 Å². The Bertz CT molecular complexity index is 1040. The molecule has 1 aliphatic heterocycles. The first-order valence-electron chi connectivity index (χ1n) is 15.4. The number of phenols is 1. The normalized spacial score (nSPS) is 18.9. The summed E-state index contributed by atoms with van der Waals surface area (Å²) >= 11 is 0. The summed E-state index contributed by atoms with van der Waals surface area (Å²) in [4.78, 5) is 0. The predicted molar refractivity (Wildman–Crippen MR) is 165 cm³/mol. The van der Waals surface area contributed by atoms with E-state index in [-0.39, 0.29) is 5.60 Å². The predicted octanol–water partition coefficient (Wildman–Crippen LogP) is 10.7. The Hall–Kier alpha value is -2.22. The minimum Gasteiger partial charge on any atom is -0.507 e. The molecule has 3 atom stereocenters. The van der Waals surface area contributed by atoms with E-state index < -0.39 is 0 Å². The smallest absolute Gasteiger partial charge is 0.127 e. The van der Waals surface area contributed by atoms with Gasteiger partial charge in [-0.2, -0.15) is 0 Å². The van der Waals surface area contributed by atoms with E-state index in [2.05, 4.69) is 65.8 Å². The van der Waals surface area contributed by atoms with Crippen LogP contribution in [0.3, 0.4) is 0 Å². The van der Waals surface area contributed by atoms with E-state index in [9.17, 15) is 5.11 Å². The first kappa shape index (κ1) is 30.3. The second-order valence-electron chi connectivity index (χ2n) is 13.0. The maximum Gasteiger partial charge on any atom is 0.127 e. The van der Waals surface area contributed by atoms with E-state index in [1.165, 1.54) is 51.4 Å². The lowest BCUT2D eigenvalue weighted by molar-refractivity contribution is 0.0513. The molecule has 3 rings (SSSR count). The minimum atomic E-state index is -0.133. The Kier molecular flexibility index (Phi) is 11.4. The highest BCUT2D eigenvalue weighted by molar-refractivity contribution is 5.78. The molecule has 2 aromatic carbocycles. The first-order chi connectivity index (χ1) is 18.1. The number of fused-ring (bicyclic) bond motifs is 1. The van der Waals surface area contributed by atoms with Crippen LogP contribution in [0.25, 0.3) is 12.2 Å². The molecular weight excluding hydrogens is 464 g/mol. The topological polar surface area (TPSA) is 29.5 Å². The molecule has 1 heterocycles. The van der Waals surface area contributed by atoms with Crippen molar-refractivity contribution in [3.8, 4) is 11.5 Å². The maximum absolute atomic E-state index is 11.0. The number of hydrogen-bond acceptors (Lipinski definition) is 2. The third-order valence-corrected chi connectivity index (χ3v) is 8.88. The number of benzene rings is 2. The summed E-state index contributed by atoms with van der Waals surface area (Å²) in [5.74, 6) is 3.89. The molecule has 0 aliphatic carbocycles. The van der Waals surface area contributed by atoms with Crippen LogP contribution >= 0.6 is 0 Å². The molecule has 3 unspecified atom stereocenters. The fraction of sp³-hybridized carbons (Fsp3) is 0.611. The standard InChI is InChI=1S/C36H54O2/c1-26(2)14-11-15-27(3)16-12-17-28(4)18-13-24-36(7)25-23-33-32(22-21-31-19-9-8-10-20-31)34(37)29(5)30(6)35(33)38-36/h8-10,19-22,26-28,37H,11-18,23-25H2,1-7H3/b22-21+. The van der Waals surface area contributed by atoms with Crippen molar-refractivity contribution in [1.82, 2.24) is 0 Å². The number of aromatic hydroxyl groups is 1. The van der Waals surface area contributed by atoms with Crippen molar-refractivity contribution in [3.05, 3.63) is 58.1 Å². The van der Waals surface area contributed by atoms with Crippen LogP contribution in [-0.4, -0.2) is 10.7 Å². The highest BCUT2D eigenvalue weighted by Gasteiger charge is 2.34. The number of phenolic OH excluding ortho intramolecular Hbond substituents is 1. The molecule has 0 saturated carbocycles. The van der Waals surface area contributed by atoms with Crippen molar-refractivity contribution in [1.29, 1.82) is 0 Å². The van der Waals surface area contributed by atoms with Crippen molar-refractivity contribution in [3.63, 3.8) is 0 Å². The van der Waals surface area contributed by atoms with Crippen molar-refractivity contribution < 1.29 is 9.84 Å². The van der Waals surface area contributed by atoms with E-state index in [0.717, 1.165) is 70.6 Å². The molecule has 0 amide bonds. The Morgan fingerprint density at radius 2 is 1.45 bits per heavy atom. The second kappa shape index (κ2) is 14.2. The van der Waals surface area contributed by atoms with Gasteiger partial charge in [-0.05, 0) is 80.9 Å². The molecule has 0 spiro atoms. The van der Waals surface area contributed by atoms with Crippen LogP contribution in [0, 0.1) is 31.6 Å². The zero-order valence-electron chi connectivity index (χ0n) is 25.4. The molecule has 0 aromatic heterocycles. The zero-order chi connectivity index (χ0) is 27.7. The summed E-state index contributed by atoms with van der Waals surface area (Å²) in [6.07, 6.45) is 17.9. The molecule has 0 radical (unpaired) electrons. The Labute approximate surface area is 233 Å². The molecule has 0 fully saturated rings. The number of rotatable bonds is 14. The lowest BCUT2D eigenvalue weighted by Gasteiger charge is -2.38. The lowest BCUT2D eigenvalue weighted by Crippen LogP contribution is -2.37. The van der Waals surface area contributed by atoms with E-state index >= 15 is 0 Å². The van der Waals surface area contributed by atoms with Gasteiger partial charge in [-0.15, -0.1) is 0 Å². The summed E-state index contributed by atoms with van der Waals surface area (Å²) in [5, 5.41) is 11.0. The van der Waals surface area contributed by atoms with Gasteiger partial charge in [0.25, 0.3) is 0 Å². The zero-order valence-corrected chi connectivity index (χ0v) is 25.4. The van der Waals surface area contributed by atoms with Crippen LogP contribution in [0.15, 0.2) is 30.3 Å². The maximum atomic E-state index is 11.0. The highest BCUT2D eigenvalue weighted by Crippen LogP contribution is 2.45. The molecule has 2 heteroatoms. The van der Waals surface area contributed by atoms with E-state index in [0.29, 0.717) is 5.75 Å². The molecule has 210 valence electrons. The van der Waals surface area contributed by atoms with E-state index in [4.69, 9.17) is 4.74 Å². The SMILES string of the molecule is Cc1c(C)c2c(c(/C=C/c3ccccc3)c1O)CCC(C)(CCCC(C)CCCC(C)CCCC(C)C)O2. The fourth-order valence-corrected chi connectivity index (χ4v) is 6.02. The Balaban J connectivity index is 1.53. The van der Waals surface area contributed by atoms with Crippen LogP contribution in [0.1, 0.15) is 127 Å². The minimum absolute atomic E-state index is 0.133. The average molecular weight is 519 g/mol. The summed E-state index contributed by atoms with van der Waals surface area (Å²) in [6, 6.07) is 10.3. The van der Waals surface area contributed by atoms with Crippen LogP contribution in [-0.2, 0) is 6.42 Å². The summed E-state index contributed by atoms with van der Waals surface area (Å²) in [6.45, 7) is 15.9. The number of ether oxygens (including phenoxy) is 1. The summed E-state index contributed by atoms with van der Waals surface area (Å²) in [5.41, 5.74) is 5.08. The molecule has 2 nitrogen and oxygen atoms in total. The number of hydrogen-bond donors (Lipinski definition) is 1. The van der Waals surface area contributed by atoms with E-state index in [1.54, 1.807) is 0 Å². The first-order valence-corrected chi connectivity index (χ1v) is 15.4. The quantitative estimate of drug-likeness (QED) is 0.252. The summed E-state index contributed by atoms with van der Waals surface area (Å²) < 4.78 is 6.78. The summed E-state index contributed by atoms with van der Waals surface area (Å²) in [7, 11) is 0. The average Bonchev–Trinajstić information content (AvgIpc) is 2.88. The van der Waals surface area contributed by atoms with Gasteiger partial charge >= 0.3 is 0 Å². The van der Waals surface area contributed by atoms with Gasteiger partial charge in [-0.1, -0.05) is 115 Å². The molecule has 1 N–H and O–H groups in total. The van der Waals surface area contributed by atoms with E-state index in [1.807, 2.05) is 25.1 Å². The molecule has 1 aliphatic rings. The van der Waals surface area contributed by atoms with Gasteiger partial charge in [0.2, 0.25) is 0 Å². The van der Waals surface area contributed by atoms with Gasteiger partial charge in [0.15, 0.2) is 0 Å². The van der Waals surface area contributed by atoms with Gasteiger partial charge in [0.1, 0.15) is 17.1 Å². The molecule has 2 aromatic rings. The van der Waals surface area contributed by atoms with Gasteiger partial charge in [0, 0.05) is 11.1 Å². The Morgan fingerprint density at radius 3 is 2.08 bits per heavy atom. The fourth-order valence-electron chi connectivity index (χ4n) is 6.02. The molecule has 0 bridgehead atoms. The van der Waals surface area contributed by atoms with Crippen LogP contribution < -0.4 is 4.74 Å². The van der Waals surface area contributed by atoms with Crippen LogP contribution in [0.5, 0.6) is 11.5 Å². The third-order valence-electron chi connectivity index (χ3n) is 8.88. The Morgan fingerprint density at radius 1 is 0.842 bits per heavy atom. The highest BCUT2D eigenvalue weighted by atomic mass is 16.5. The van der Waals surface area contributed by atoms with Gasteiger partial charge < -0.3 is 9.84 Å². The van der Waals surface area contributed by atoms with Crippen molar-refractivity contribution >= 4 is 12.2 Å². The largest absolute Gasteiger partial charge is 0.507 e. The van der Waals surface area contributed by atoms with Crippen LogP contribution in [0.2, 0.25) is 0 Å². The van der Waals surface area contributed by atoms with Crippen molar-refractivity contribution in [2.45, 2.75) is 125 Å². The third kappa shape index (κ3) is 8.65. The molecule has 0 saturated heterocycles. The lowest BCUT2D eigenvalue weighted by atomic mass is 9.83. The van der Waals surface area contributed by atoms with Crippen LogP contribution in [0.4, 0.5) is 0 Å². The molecule has 38 heavy (non-hydrogen) atoms. The second-order valence-corrected chi connectivity index (χ2v) is 13.0. The van der Waals surface area contributed by atoms with Gasteiger partial charge in [0.05, 0.1) is 0 Å².